The van der Waals surface area contributed by atoms with Gasteiger partial charge in [0.2, 0.25) is 6.29 Å². The minimum atomic E-state index is -1.70. The molecule has 6 aliphatic rings. The fourth-order valence-electron chi connectivity index (χ4n) is 11.3. The topological polar surface area (TPSA) is 185 Å². The molecule has 0 radical (unpaired) electrons. The summed E-state index contributed by atoms with van der Waals surface area (Å²) in [5.41, 5.74) is -5.84. The van der Waals surface area contributed by atoms with Gasteiger partial charge in [-0.25, -0.2) is 0 Å². The summed E-state index contributed by atoms with van der Waals surface area (Å²) in [6.45, 7) is 9.66. The lowest BCUT2D eigenvalue weighted by molar-refractivity contribution is -0.391. The quantitative estimate of drug-likeness (QED) is 0.271. The van der Waals surface area contributed by atoms with Gasteiger partial charge in [0.1, 0.15) is 23.9 Å². The average molecular weight is 633 g/mol. The van der Waals surface area contributed by atoms with E-state index in [0.717, 1.165) is 5.56 Å². The van der Waals surface area contributed by atoms with Gasteiger partial charge in [0.25, 0.3) is 0 Å². The number of ketones is 1. The van der Waals surface area contributed by atoms with Crippen LogP contribution in [0.1, 0.15) is 72.3 Å². The van der Waals surface area contributed by atoms with Crippen molar-refractivity contribution >= 4 is 17.7 Å². The van der Waals surface area contributed by atoms with Gasteiger partial charge in [-0.1, -0.05) is 27.7 Å². The first kappa shape index (κ1) is 31.3. The number of hydrogen-bond donors (Lipinski definition) is 4. The van der Waals surface area contributed by atoms with Gasteiger partial charge in [-0.05, 0) is 43.7 Å². The lowest BCUT2D eigenvalue weighted by Gasteiger charge is -2.73. The molecule has 4 saturated carbocycles. The molecule has 2 aliphatic heterocycles. The Morgan fingerprint density at radius 2 is 1.80 bits per heavy atom. The van der Waals surface area contributed by atoms with Crippen molar-refractivity contribution in [3.63, 3.8) is 0 Å². The SMILES string of the molecule is CCC(C)C(=O)OC1OC[C@@]23[C@H]4C(=O)[C@@H](O)[C@@]5(C)[C@H](c6ccoc6)C[C@H]6O[C@]65[C@]4(C)[C@H](O)C[C@H]2[C@]1(C)[C@H](OC(C)=O)[C@H](O)[C@@H]3O. The first-order valence-electron chi connectivity index (χ1n) is 16.0. The normalized spacial score (nSPS) is 53.3. The van der Waals surface area contributed by atoms with Gasteiger partial charge in [-0.3, -0.25) is 14.4 Å². The molecule has 2 saturated heterocycles. The Balaban J connectivity index is 1.39. The number of furan rings is 1. The Hall–Kier alpha value is -2.35. The molecule has 6 fully saturated rings. The van der Waals surface area contributed by atoms with E-state index >= 15 is 0 Å². The third-order valence-corrected chi connectivity index (χ3v) is 13.6. The van der Waals surface area contributed by atoms with Gasteiger partial charge in [0.15, 0.2) is 5.78 Å². The molecule has 16 atom stereocenters. The number of fused-ring (bicyclic) bond motifs is 1. The molecule has 4 N–H and O–H groups in total. The van der Waals surface area contributed by atoms with E-state index in [1.54, 1.807) is 33.3 Å². The minimum absolute atomic E-state index is 0.000547. The van der Waals surface area contributed by atoms with Gasteiger partial charge in [0, 0.05) is 35.0 Å². The number of epoxide rings is 1. The molecule has 248 valence electrons. The Morgan fingerprint density at radius 1 is 1.09 bits per heavy atom. The van der Waals surface area contributed by atoms with Crippen molar-refractivity contribution in [1.82, 2.24) is 0 Å². The van der Waals surface area contributed by atoms with Crippen molar-refractivity contribution < 1.29 is 58.2 Å². The summed E-state index contributed by atoms with van der Waals surface area (Å²) in [4.78, 5) is 40.3. The van der Waals surface area contributed by atoms with Crippen molar-refractivity contribution in [2.75, 3.05) is 6.61 Å². The van der Waals surface area contributed by atoms with Gasteiger partial charge in [-0.2, -0.15) is 0 Å². The molecule has 12 heteroatoms. The predicted octanol–water partition coefficient (Wildman–Crippen LogP) is 1.46. The molecule has 1 spiro atoms. The Morgan fingerprint density at radius 3 is 2.42 bits per heavy atom. The fourth-order valence-corrected chi connectivity index (χ4v) is 11.3. The summed E-state index contributed by atoms with van der Waals surface area (Å²) in [6, 6.07) is 1.81. The summed E-state index contributed by atoms with van der Waals surface area (Å²) >= 11 is 0. The zero-order valence-corrected chi connectivity index (χ0v) is 26.5. The van der Waals surface area contributed by atoms with Crippen molar-refractivity contribution in [2.24, 2.45) is 39.4 Å². The fraction of sp³-hybridized carbons (Fsp3) is 0.788. The highest BCUT2D eigenvalue weighted by Crippen LogP contribution is 2.82. The molecule has 45 heavy (non-hydrogen) atoms. The molecule has 0 aromatic carbocycles. The second-order valence-electron chi connectivity index (χ2n) is 15.1. The van der Waals surface area contributed by atoms with Crippen LogP contribution in [0.15, 0.2) is 23.0 Å². The number of Topliss-reactive ketones (excluding diaryl/α,β-unsaturated/α-hetero) is 1. The number of esters is 2. The second kappa shape index (κ2) is 9.60. The van der Waals surface area contributed by atoms with Gasteiger partial charge in [0.05, 0.1) is 48.8 Å². The molecule has 0 amide bonds. The molecule has 2 unspecified atom stereocenters. The maximum atomic E-state index is 14.8. The van der Waals surface area contributed by atoms with Crippen LogP contribution in [0, 0.1) is 39.4 Å². The van der Waals surface area contributed by atoms with E-state index in [4.69, 9.17) is 23.4 Å². The Labute approximate surface area is 261 Å². The molecular weight excluding hydrogens is 588 g/mol. The molecule has 2 bridgehead atoms. The number of carbonyl (C=O) groups is 3. The van der Waals surface area contributed by atoms with E-state index in [-0.39, 0.29) is 25.0 Å². The summed E-state index contributed by atoms with van der Waals surface area (Å²) in [5, 5.41) is 48.3. The van der Waals surface area contributed by atoms with Crippen LogP contribution in [0.2, 0.25) is 0 Å². The van der Waals surface area contributed by atoms with Crippen LogP contribution in [-0.4, -0.2) is 93.3 Å². The predicted molar refractivity (Wildman–Crippen MR) is 152 cm³/mol. The van der Waals surface area contributed by atoms with E-state index in [9.17, 15) is 34.8 Å². The molecule has 12 nitrogen and oxygen atoms in total. The van der Waals surface area contributed by atoms with Crippen LogP contribution >= 0.6 is 0 Å². The first-order chi connectivity index (χ1) is 21.1. The van der Waals surface area contributed by atoms with Gasteiger partial charge in [-0.15, -0.1) is 0 Å². The van der Waals surface area contributed by atoms with Crippen molar-refractivity contribution in [2.45, 2.75) is 115 Å². The van der Waals surface area contributed by atoms with E-state index in [1.165, 1.54) is 6.92 Å². The molecule has 3 heterocycles. The van der Waals surface area contributed by atoms with Crippen LogP contribution in [0.25, 0.3) is 0 Å². The third-order valence-electron chi connectivity index (χ3n) is 13.6. The lowest BCUT2D eigenvalue weighted by Crippen LogP contribution is -2.84. The molecule has 4 aliphatic carbocycles. The number of hydrogen-bond acceptors (Lipinski definition) is 12. The number of aliphatic hydroxyl groups is 4. The molecular formula is C33H44O12. The first-order valence-corrected chi connectivity index (χ1v) is 16.0. The smallest absolute Gasteiger partial charge is 0.310 e. The standard InChI is InChI=1S/C33H44O12/c1-7-14(2)27(40)44-28-29(4)18-11-19(35)31(6)23(32(18,13-42-28)25(39)22(37)26(29)43-15(3)34)21(36)24(38)30(5)17(16-8-9-41-12-16)10-20-33(30,31)45-20/h8-9,12,14,17-20,22-26,28,35,37-39H,7,10-11,13H2,1-6H3/t14?,17-,18-,19+,20+,22+,23-,24+,25-,26+,28?,29+,30+,31+,32-,33+/m0/s1. The van der Waals surface area contributed by atoms with E-state index in [0.29, 0.717) is 12.8 Å². The van der Waals surface area contributed by atoms with E-state index in [2.05, 4.69) is 0 Å². The number of rotatable bonds is 5. The van der Waals surface area contributed by atoms with Crippen LogP contribution in [0.5, 0.6) is 0 Å². The average Bonchev–Trinajstić information content (AvgIpc) is 3.35. The number of carbonyl (C=O) groups excluding carboxylic acids is 3. The van der Waals surface area contributed by atoms with Gasteiger partial charge < -0.3 is 43.8 Å². The van der Waals surface area contributed by atoms with Crippen LogP contribution < -0.4 is 0 Å². The number of ether oxygens (including phenoxy) is 4. The highest BCUT2D eigenvalue weighted by molar-refractivity contribution is 5.91. The van der Waals surface area contributed by atoms with E-state index < -0.39 is 99.5 Å². The summed E-state index contributed by atoms with van der Waals surface area (Å²) in [6.07, 6.45) is -5.08. The van der Waals surface area contributed by atoms with Crippen molar-refractivity contribution in [3.05, 3.63) is 24.2 Å². The summed E-state index contributed by atoms with van der Waals surface area (Å²) in [7, 11) is 0. The van der Waals surface area contributed by atoms with Crippen LogP contribution in [0.3, 0.4) is 0 Å². The highest BCUT2D eigenvalue weighted by Gasteiger charge is 2.92. The van der Waals surface area contributed by atoms with Crippen LogP contribution in [0.4, 0.5) is 0 Å². The van der Waals surface area contributed by atoms with Gasteiger partial charge >= 0.3 is 11.9 Å². The third kappa shape index (κ3) is 3.36. The molecule has 1 aromatic heterocycles. The maximum Gasteiger partial charge on any atom is 0.310 e. The van der Waals surface area contributed by atoms with Crippen molar-refractivity contribution in [1.29, 1.82) is 0 Å². The maximum absolute atomic E-state index is 14.8. The monoisotopic (exact) mass is 632 g/mol. The summed E-state index contributed by atoms with van der Waals surface area (Å²) in [5.74, 6) is -4.73. The summed E-state index contributed by atoms with van der Waals surface area (Å²) < 4.78 is 29.7. The van der Waals surface area contributed by atoms with Crippen molar-refractivity contribution in [3.8, 4) is 0 Å². The zero-order chi connectivity index (χ0) is 32.6. The number of aliphatic hydroxyl groups excluding tert-OH is 4. The molecule has 1 aromatic rings. The second-order valence-corrected chi connectivity index (χ2v) is 15.1. The Bertz CT molecular complexity index is 1410. The van der Waals surface area contributed by atoms with Crippen LogP contribution in [-0.2, 0) is 33.3 Å². The lowest BCUT2D eigenvalue weighted by atomic mass is 9.33. The largest absolute Gasteiger partial charge is 0.472 e. The minimum Gasteiger partial charge on any atom is -0.472 e. The Kier molecular flexibility index (Phi) is 6.67. The highest BCUT2D eigenvalue weighted by atomic mass is 16.7. The van der Waals surface area contributed by atoms with E-state index in [1.807, 2.05) is 19.9 Å². The molecule has 7 rings (SSSR count). The zero-order valence-electron chi connectivity index (χ0n) is 26.5.